The van der Waals surface area contributed by atoms with E-state index in [4.69, 9.17) is 0 Å². The minimum atomic E-state index is -0.493. The van der Waals surface area contributed by atoms with Crippen LogP contribution in [0.5, 0.6) is 0 Å². The Hall–Kier alpha value is -2.24. The summed E-state index contributed by atoms with van der Waals surface area (Å²) in [6, 6.07) is 35.0. The van der Waals surface area contributed by atoms with Gasteiger partial charge in [0.2, 0.25) is 0 Å². The van der Waals surface area contributed by atoms with Crippen molar-refractivity contribution < 1.29 is 21.7 Å². The molecule has 1 unspecified atom stereocenters. The fraction of sp³-hybridized carbons (Fsp3) is 0.133. The summed E-state index contributed by atoms with van der Waals surface area (Å²) in [6.07, 6.45) is 13.0. The van der Waals surface area contributed by atoms with E-state index in [0.717, 1.165) is 5.92 Å². The average molecular weight is 466 g/mol. The van der Waals surface area contributed by atoms with Crippen LogP contribution in [0.3, 0.4) is 0 Å². The monoisotopic (exact) mass is 466 g/mol. The molecule has 1 fully saturated rings. The van der Waals surface area contributed by atoms with Crippen LogP contribution in [0.4, 0.5) is 0 Å². The molecule has 0 spiro atoms. The normalized spacial score (nSPS) is 16.4. The van der Waals surface area contributed by atoms with Crippen LogP contribution in [0.2, 0.25) is 0 Å². The van der Waals surface area contributed by atoms with Gasteiger partial charge in [-0.25, -0.2) is 18.1 Å². The maximum atomic E-state index is 2.37. The van der Waals surface area contributed by atoms with Crippen LogP contribution < -0.4 is 15.9 Å². The summed E-state index contributed by atoms with van der Waals surface area (Å²) in [5, 5.41) is 6.89. The molecule has 1 atom stereocenters. The molecule has 0 heterocycles. The molecule has 2 heteroatoms. The van der Waals surface area contributed by atoms with Crippen molar-refractivity contribution in [1.29, 1.82) is 0 Å². The molecule has 0 aromatic heterocycles. The van der Waals surface area contributed by atoms with Crippen molar-refractivity contribution in [2.45, 2.75) is 19.3 Å². The summed E-state index contributed by atoms with van der Waals surface area (Å²) in [6.45, 7) is 0. The Morgan fingerprint density at radius 3 is 2.09 bits per heavy atom. The predicted octanol–water partition coefficient (Wildman–Crippen LogP) is 6.80. The van der Waals surface area contributed by atoms with Crippen molar-refractivity contribution in [3.8, 4) is 0 Å². The molecule has 0 saturated heterocycles. The smallest absolute Gasteiger partial charge is 0.227 e. The van der Waals surface area contributed by atoms with Gasteiger partial charge in [0.25, 0.3) is 0 Å². The minimum Gasteiger partial charge on any atom is -0.227 e. The molecule has 0 nitrogen and oxygen atoms in total. The number of hydrogen-bond donors (Lipinski definition) is 0. The Morgan fingerprint density at radius 1 is 0.781 bits per heavy atom. The number of hydrogen-bond acceptors (Lipinski definition) is 0. The SMILES string of the molecule is C1=CCC2CC[CH-]C2=C1.[Ti+2].c1ccc(P(c2ccccc2)c2cc3ccccc3[cH-]2)cc1. The Morgan fingerprint density at radius 2 is 1.44 bits per heavy atom. The summed E-state index contributed by atoms with van der Waals surface area (Å²) in [5.41, 5.74) is 1.58. The molecule has 0 aliphatic heterocycles. The van der Waals surface area contributed by atoms with Crippen LogP contribution >= 0.6 is 7.92 Å². The molecule has 0 bridgehead atoms. The summed E-state index contributed by atoms with van der Waals surface area (Å²) in [7, 11) is -0.493. The van der Waals surface area contributed by atoms with Crippen molar-refractivity contribution >= 4 is 34.6 Å². The Bertz CT molecular complexity index is 1110. The van der Waals surface area contributed by atoms with E-state index in [1.165, 1.54) is 45.9 Å². The zero-order chi connectivity index (χ0) is 20.9. The topological polar surface area (TPSA) is 0 Å². The van der Waals surface area contributed by atoms with Crippen LogP contribution in [-0.2, 0) is 21.7 Å². The fourth-order valence-electron chi connectivity index (χ4n) is 4.53. The van der Waals surface area contributed by atoms with Gasteiger partial charge in [0, 0.05) is 0 Å². The van der Waals surface area contributed by atoms with Gasteiger partial charge in [0.15, 0.2) is 0 Å². The molecule has 2 aliphatic rings. The number of benzene rings is 3. The Labute approximate surface area is 208 Å². The molecule has 0 radical (unpaired) electrons. The second kappa shape index (κ2) is 11.1. The first-order valence-corrected chi connectivity index (χ1v) is 12.5. The largest absolute Gasteiger partial charge is 2.00 e. The van der Waals surface area contributed by atoms with Gasteiger partial charge in [-0.2, -0.15) is 6.07 Å². The third-order valence-electron chi connectivity index (χ3n) is 6.10. The third-order valence-corrected chi connectivity index (χ3v) is 8.51. The van der Waals surface area contributed by atoms with Crippen LogP contribution in [0, 0.1) is 12.3 Å². The molecular formula is C30H27PTi. The zero-order valence-corrected chi connectivity index (χ0v) is 20.6. The van der Waals surface area contributed by atoms with E-state index >= 15 is 0 Å². The van der Waals surface area contributed by atoms with E-state index in [-0.39, 0.29) is 21.7 Å². The van der Waals surface area contributed by atoms with Crippen LogP contribution in [0.25, 0.3) is 10.8 Å². The summed E-state index contributed by atoms with van der Waals surface area (Å²) in [4.78, 5) is 0. The quantitative estimate of drug-likeness (QED) is 0.177. The maximum absolute atomic E-state index is 2.37. The zero-order valence-electron chi connectivity index (χ0n) is 18.2. The van der Waals surface area contributed by atoms with Gasteiger partial charge >= 0.3 is 21.7 Å². The van der Waals surface area contributed by atoms with E-state index in [1.807, 2.05) is 0 Å². The van der Waals surface area contributed by atoms with Crippen molar-refractivity contribution in [3.63, 3.8) is 0 Å². The Kier molecular flexibility index (Phi) is 7.93. The van der Waals surface area contributed by atoms with E-state index < -0.39 is 7.92 Å². The number of rotatable bonds is 3. The molecule has 4 aromatic rings. The molecule has 2 aliphatic carbocycles. The number of fused-ring (bicyclic) bond motifs is 2. The van der Waals surface area contributed by atoms with E-state index in [9.17, 15) is 0 Å². The first kappa shape index (κ1) is 22.9. The fourth-order valence-corrected chi connectivity index (χ4v) is 6.90. The molecule has 0 N–H and O–H groups in total. The van der Waals surface area contributed by atoms with Crippen molar-refractivity contribution in [1.82, 2.24) is 0 Å². The van der Waals surface area contributed by atoms with Crippen molar-refractivity contribution in [3.05, 3.63) is 127 Å². The molecule has 1 saturated carbocycles. The molecule has 156 valence electrons. The summed E-state index contributed by atoms with van der Waals surface area (Å²) < 4.78 is 0. The van der Waals surface area contributed by atoms with E-state index in [2.05, 4.69) is 122 Å². The molecule has 32 heavy (non-hydrogen) atoms. The van der Waals surface area contributed by atoms with Gasteiger partial charge in [-0.05, 0) is 30.9 Å². The van der Waals surface area contributed by atoms with Crippen LogP contribution in [-0.4, -0.2) is 0 Å². The molecule has 6 rings (SSSR count). The Balaban J connectivity index is 0.000000205. The second-order valence-corrected chi connectivity index (χ2v) is 10.4. The third kappa shape index (κ3) is 5.21. The van der Waals surface area contributed by atoms with Gasteiger partial charge in [-0.1, -0.05) is 73.2 Å². The second-order valence-electron chi connectivity index (χ2n) is 8.16. The van der Waals surface area contributed by atoms with Crippen LogP contribution in [0.1, 0.15) is 19.3 Å². The average Bonchev–Trinajstić information content (AvgIpc) is 3.48. The predicted molar refractivity (Wildman–Crippen MR) is 137 cm³/mol. The van der Waals surface area contributed by atoms with E-state index in [0.29, 0.717) is 0 Å². The van der Waals surface area contributed by atoms with E-state index in [1.54, 1.807) is 5.57 Å². The van der Waals surface area contributed by atoms with Gasteiger partial charge in [0.1, 0.15) is 0 Å². The minimum absolute atomic E-state index is 0. The van der Waals surface area contributed by atoms with Crippen molar-refractivity contribution in [2.24, 2.45) is 5.92 Å². The standard InChI is InChI=1S/C21H16P.C9H11.Ti/c1-3-11-19(12-4-1)22(20-13-5-2-6-14-20)21-15-17-9-7-8-10-18(17)16-21;1-2-5-9-7-3-6-8(9)4-1;/h1-16H;1-2,4,6,9H,3,5,7H2;/q2*-1;+2. The first-order valence-electron chi connectivity index (χ1n) is 11.1. The first-order chi connectivity index (χ1) is 15.4. The molecular weight excluding hydrogens is 439 g/mol. The number of allylic oxidation sites excluding steroid dienone is 4. The summed E-state index contributed by atoms with van der Waals surface area (Å²) >= 11 is 0. The molecule has 4 aromatic carbocycles. The maximum Gasteiger partial charge on any atom is 2.00 e. The van der Waals surface area contributed by atoms with Gasteiger partial charge in [-0.3, -0.25) is 0 Å². The van der Waals surface area contributed by atoms with Gasteiger partial charge in [-0.15, -0.1) is 58.9 Å². The van der Waals surface area contributed by atoms with Crippen LogP contribution in [0.15, 0.2) is 121 Å². The van der Waals surface area contributed by atoms with Gasteiger partial charge in [0.05, 0.1) is 0 Å². The van der Waals surface area contributed by atoms with Crippen molar-refractivity contribution in [2.75, 3.05) is 0 Å². The van der Waals surface area contributed by atoms with Gasteiger partial charge < -0.3 is 0 Å². The molecule has 0 amide bonds. The summed E-state index contributed by atoms with van der Waals surface area (Å²) in [5.74, 6) is 0.884.